The molecule has 0 saturated carbocycles. The molecule has 0 radical (unpaired) electrons. The molecule has 0 heterocycles. The van der Waals surface area contributed by atoms with Crippen LogP contribution < -0.4 is 10.1 Å². The van der Waals surface area contributed by atoms with E-state index in [4.69, 9.17) is 9.47 Å². The van der Waals surface area contributed by atoms with E-state index in [-0.39, 0.29) is 25.2 Å². The van der Waals surface area contributed by atoms with Crippen molar-refractivity contribution < 1.29 is 23.9 Å². The first-order valence-electron chi connectivity index (χ1n) is 9.17. The van der Waals surface area contributed by atoms with E-state index in [9.17, 15) is 14.4 Å². The number of esters is 1. The van der Waals surface area contributed by atoms with Crippen molar-refractivity contribution in [2.75, 3.05) is 18.5 Å². The van der Waals surface area contributed by atoms with Gasteiger partial charge in [0.05, 0.1) is 13.0 Å². The van der Waals surface area contributed by atoms with E-state index < -0.39 is 11.9 Å². The van der Waals surface area contributed by atoms with Crippen LogP contribution in [0.25, 0.3) is 0 Å². The van der Waals surface area contributed by atoms with Crippen molar-refractivity contribution in [3.63, 3.8) is 0 Å². The largest absolute Gasteiger partial charge is 0.494 e. The molecule has 0 aliphatic carbocycles. The van der Waals surface area contributed by atoms with Crippen LogP contribution in [0.15, 0.2) is 42.5 Å². The third-order valence-electron chi connectivity index (χ3n) is 3.91. The van der Waals surface area contributed by atoms with E-state index in [1.807, 2.05) is 39.0 Å². The Morgan fingerprint density at radius 1 is 0.929 bits per heavy atom. The highest BCUT2D eigenvalue weighted by Crippen LogP contribution is 2.15. The molecule has 0 fully saturated rings. The number of anilines is 1. The third-order valence-corrected chi connectivity index (χ3v) is 3.91. The molecule has 0 bridgehead atoms. The van der Waals surface area contributed by atoms with Crippen LogP contribution in [-0.2, 0) is 14.3 Å². The molecule has 0 aliphatic heterocycles. The number of aryl methyl sites for hydroxylation is 2. The molecule has 6 heteroatoms. The number of ketones is 1. The van der Waals surface area contributed by atoms with Gasteiger partial charge in [-0.1, -0.05) is 6.07 Å². The molecular formula is C22H25NO5. The Bertz CT molecular complexity index is 822. The summed E-state index contributed by atoms with van der Waals surface area (Å²) in [4.78, 5) is 35.9. The summed E-state index contributed by atoms with van der Waals surface area (Å²) >= 11 is 0. The summed E-state index contributed by atoms with van der Waals surface area (Å²) in [7, 11) is 0. The quantitative estimate of drug-likeness (QED) is 0.525. The SMILES string of the molecule is CCOc1ccc(C(=O)CCC(=O)OCC(=O)Nc2cc(C)cc(C)c2)cc1. The minimum atomic E-state index is -0.588. The van der Waals surface area contributed by atoms with Crippen LogP contribution in [-0.4, -0.2) is 30.9 Å². The zero-order valence-electron chi connectivity index (χ0n) is 16.4. The standard InChI is InChI=1S/C22H25NO5/c1-4-27-19-7-5-17(6-8-19)20(24)9-10-22(26)28-14-21(25)23-18-12-15(2)11-16(3)13-18/h5-8,11-13H,4,9-10,14H2,1-3H3,(H,23,25). The number of hydrogen-bond donors (Lipinski definition) is 1. The second kappa shape index (κ2) is 10.3. The van der Waals surface area contributed by atoms with Gasteiger partial charge in [0.2, 0.25) is 0 Å². The average molecular weight is 383 g/mol. The Hall–Kier alpha value is -3.15. The predicted molar refractivity (Wildman–Crippen MR) is 107 cm³/mol. The van der Waals surface area contributed by atoms with Crippen molar-refractivity contribution in [1.29, 1.82) is 0 Å². The number of hydrogen-bond acceptors (Lipinski definition) is 5. The monoisotopic (exact) mass is 383 g/mol. The van der Waals surface area contributed by atoms with Gasteiger partial charge in [-0.05, 0) is 68.3 Å². The summed E-state index contributed by atoms with van der Waals surface area (Å²) in [6.07, 6.45) is -0.0611. The number of rotatable bonds is 9. The molecule has 0 saturated heterocycles. The Kier molecular flexibility index (Phi) is 7.75. The molecule has 2 aromatic carbocycles. The van der Waals surface area contributed by atoms with Crippen molar-refractivity contribution in [1.82, 2.24) is 0 Å². The lowest BCUT2D eigenvalue weighted by Crippen LogP contribution is -2.21. The average Bonchev–Trinajstić information content (AvgIpc) is 2.64. The number of carbonyl (C=O) groups is 3. The molecule has 6 nitrogen and oxygen atoms in total. The molecule has 28 heavy (non-hydrogen) atoms. The van der Waals surface area contributed by atoms with E-state index >= 15 is 0 Å². The third kappa shape index (κ3) is 6.87. The predicted octanol–water partition coefficient (Wildman–Crippen LogP) is 3.85. The second-order valence-corrected chi connectivity index (χ2v) is 6.47. The fourth-order valence-corrected chi connectivity index (χ4v) is 2.73. The highest BCUT2D eigenvalue weighted by atomic mass is 16.5. The first-order chi connectivity index (χ1) is 13.4. The molecule has 0 aliphatic rings. The summed E-state index contributed by atoms with van der Waals surface area (Å²) in [5.41, 5.74) is 3.22. The summed E-state index contributed by atoms with van der Waals surface area (Å²) in [6.45, 7) is 5.92. The first kappa shape index (κ1) is 21.2. The summed E-state index contributed by atoms with van der Waals surface area (Å²) in [5.74, 6) is -0.487. The topological polar surface area (TPSA) is 81.7 Å². The van der Waals surface area contributed by atoms with Crippen molar-refractivity contribution >= 4 is 23.3 Å². The molecule has 0 atom stereocenters. The van der Waals surface area contributed by atoms with Gasteiger partial charge in [0, 0.05) is 17.7 Å². The van der Waals surface area contributed by atoms with Crippen molar-refractivity contribution in [3.8, 4) is 5.75 Å². The lowest BCUT2D eigenvalue weighted by molar-refractivity contribution is -0.147. The van der Waals surface area contributed by atoms with Gasteiger partial charge in [0.25, 0.3) is 5.91 Å². The highest BCUT2D eigenvalue weighted by molar-refractivity contribution is 5.98. The first-order valence-corrected chi connectivity index (χ1v) is 9.17. The van der Waals surface area contributed by atoms with E-state index in [1.54, 1.807) is 24.3 Å². The van der Waals surface area contributed by atoms with Crippen molar-refractivity contribution in [2.45, 2.75) is 33.6 Å². The minimum absolute atomic E-state index is 0.0194. The minimum Gasteiger partial charge on any atom is -0.494 e. The van der Waals surface area contributed by atoms with Crippen molar-refractivity contribution in [3.05, 3.63) is 59.2 Å². The summed E-state index contributed by atoms with van der Waals surface area (Å²) < 4.78 is 10.3. The summed E-state index contributed by atoms with van der Waals surface area (Å²) in [6, 6.07) is 12.4. The fraction of sp³-hybridized carbons (Fsp3) is 0.318. The Labute approximate surface area is 164 Å². The Balaban J connectivity index is 1.74. The van der Waals surface area contributed by atoms with Gasteiger partial charge in [-0.15, -0.1) is 0 Å². The van der Waals surface area contributed by atoms with Gasteiger partial charge in [0.15, 0.2) is 12.4 Å². The van der Waals surface area contributed by atoms with Crippen LogP contribution in [0.3, 0.4) is 0 Å². The van der Waals surface area contributed by atoms with Gasteiger partial charge in [-0.2, -0.15) is 0 Å². The Morgan fingerprint density at radius 3 is 2.18 bits per heavy atom. The smallest absolute Gasteiger partial charge is 0.306 e. The highest BCUT2D eigenvalue weighted by Gasteiger charge is 2.12. The molecule has 148 valence electrons. The molecule has 2 rings (SSSR count). The molecule has 0 spiro atoms. The number of nitrogens with one attached hydrogen (secondary N) is 1. The molecule has 1 amide bonds. The number of ether oxygens (including phenoxy) is 2. The maximum Gasteiger partial charge on any atom is 0.306 e. The normalized spacial score (nSPS) is 10.2. The van der Waals surface area contributed by atoms with Gasteiger partial charge in [0.1, 0.15) is 5.75 Å². The molecule has 0 unspecified atom stereocenters. The molecule has 1 N–H and O–H groups in total. The number of Topliss-reactive ketones (excluding diaryl/α,β-unsaturated/α-hetero) is 1. The van der Waals surface area contributed by atoms with E-state index in [1.165, 1.54) is 0 Å². The van der Waals surface area contributed by atoms with Gasteiger partial charge < -0.3 is 14.8 Å². The molecular weight excluding hydrogens is 358 g/mol. The van der Waals surface area contributed by atoms with Crippen LogP contribution in [0.4, 0.5) is 5.69 Å². The fourth-order valence-electron chi connectivity index (χ4n) is 2.73. The van der Waals surface area contributed by atoms with Crippen LogP contribution in [0, 0.1) is 13.8 Å². The van der Waals surface area contributed by atoms with Crippen LogP contribution in [0.1, 0.15) is 41.3 Å². The zero-order valence-corrected chi connectivity index (χ0v) is 16.4. The van der Waals surface area contributed by atoms with Crippen LogP contribution in [0.5, 0.6) is 5.75 Å². The van der Waals surface area contributed by atoms with Crippen molar-refractivity contribution in [2.24, 2.45) is 0 Å². The number of carbonyl (C=O) groups excluding carboxylic acids is 3. The lowest BCUT2D eigenvalue weighted by atomic mass is 10.1. The van der Waals surface area contributed by atoms with Gasteiger partial charge in [-0.3, -0.25) is 14.4 Å². The molecule has 2 aromatic rings. The maximum atomic E-state index is 12.1. The second-order valence-electron chi connectivity index (χ2n) is 6.47. The zero-order chi connectivity index (χ0) is 20.5. The lowest BCUT2D eigenvalue weighted by Gasteiger charge is -2.08. The van der Waals surface area contributed by atoms with Gasteiger partial charge >= 0.3 is 5.97 Å². The van der Waals surface area contributed by atoms with Gasteiger partial charge in [-0.25, -0.2) is 0 Å². The van der Waals surface area contributed by atoms with E-state index in [2.05, 4.69) is 5.32 Å². The van der Waals surface area contributed by atoms with Crippen LogP contribution in [0.2, 0.25) is 0 Å². The number of benzene rings is 2. The maximum absolute atomic E-state index is 12.1. The number of amides is 1. The van der Waals surface area contributed by atoms with E-state index in [0.29, 0.717) is 23.6 Å². The summed E-state index contributed by atoms with van der Waals surface area (Å²) in [5, 5.41) is 2.69. The molecule has 0 aromatic heterocycles. The van der Waals surface area contributed by atoms with E-state index in [0.717, 1.165) is 11.1 Å². The Morgan fingerprint density at radius 2 is 1.57 bits per heavy atom. The van der Waals surface area contributed by atoms with Crippen LogP contribution >= 0.6 is 0 Å².